The lowest BCUT2D eigenvalue weighted by Gasteiger charge is -2.16. The topological polar surface area (TPSA) is 112 Å². The largest absolute Gasteiger partial charge is 0.394 e. The lowest BCUT2D eigenvalue weighted by atomic mass is 10.1. The fraction of sp³-hybridized carbons (Fsp3) is 0.333. The summed E-state index contributed by atoms with van der Waals surface area (Å²) in [6.07, 6.45) is 1.10. The molecule has 0 saturated heterocycles. The molecule has 8 heteroatoms. The average molecular weight is 355 g/mol. The van der Waals surface area contributed by atoms with Gasteiger partial charge in [-0.1, -0.05) is 30.3 Å². The number of carbonyl (C=O) groups excluding carboxylic acids is 1. The van der Waals surface area contributed by atoms with Crippen molar-refractivity contribution in [3.8, 4) is 0 Å². The molecular formula is C18H21N5O3. The predicted molar refractivity (Wildman–Crippen MR) is 95.8 cm³/mol. The molecule has 3 aromatic rings. The summed E-state index contributed by atoms with van der Waals surface area (Å²) in [5, 5.41) is 15.2. The number of aliphatic hydroxyl groups is 1. The standard InChI is InChI=1S/C18H21N5O3/c1-12-9-17(26)23-18(19-12)21-15(22-23)7-8-16(25)20-14(11-24)10-13-5-3-2-4-6-13/h2-6,9,14,24H,7-8,10-11H2,1H3,(H,20,25)(H,19,21,22)/t14-/m1/s1. The molecule has 3 N–H and O–H groups in total. The van der Waals surface area contributed by atoms with Crippen LogP contribution in [0.25, 0.3) is 5.78 Å². The highest BCUT2D eigenvalue weighted by molar-refractivity contribution is 5.76. The van der Waals surface area contributed by atoms with Crippen LogP contribution in [0.4, 0.5) is 0 Å². The van der Waals surface area contributed by atoms with E-state index in [1.807, 2.05) is 30.3 Å². The van der Waals surface area contributed by atoms with E-state index in [-0.39, 0.29) is 30.5 Å². The summed E-state index contributed by atoms with van der Waals surface area (Å²) >= 11 is 0. The lowest BCUT2D eigenvalue weighted by Crippen LogP contribution is -2.39. The molecule has 0 aliphatic heterocycles. The van der Waals surface area contributed by atoms with Crippen molar-refractivity contribution in [3.05, 3.63) is 63.8 Å². The van der Waals surface area contributed by atoms with E-state index in [2.05, 4.69) is 20.4 Å². The normalized spacial score (nSPS) is 12.2. The van der Waals surface area contributed by atoms with Crippen LogP contribution in [-0.4, -0.2) is 43.2 Å². The summed E-state index contributed by atoms with van der Waals surface area (Å²) in [4.78, 5) is 32.4. The molecule has 1 atom stereocenters. The van der Waals surface area contributed by atoms with E-state index in [1.54, 1.807) is 6.92 Å². The van der Waals surface area contributed by atoms with Crippen molar-refractivity contribution >= 4 is 11.7 Å². The Kier molecular flexibility index (Phi) is 5.43. The fourth-order valence-electron chi connectivity index (χ4n) is 2.74. The fourth-order valence-corrected chi connectivity index (χ4v) is 2.74. The number of aromatic amines is 1. The van der Waals surface area contributed by atoms with Gasteiger partial charge in [0.15, 0.2) is 0 Å². The van der Waals surface area contributed by atoms with Crippen LogP contribution in [0.2, 0.25) is 0 Å². The second-order valence-electron chi connectivity index (χ2n) is 6.18. The zero-order chi connectivity index (χ0) is 18.5. The van der Waals surface area contributed by atoms with Crippen LogP contribution in [0.1, 0.15) is 23.5 Å². The van der Waals surface area contributed by atoms with E-state index in [4.69, 9.17) is 0 Å². The summed E-state index contributed by atoms with van der Waals surface area (Å²) in [5.41, 5.74) is 1.40. The highest BCUT2D eigenvalue weighted by Gasteiger charge is 2.13. The van der Waals surface area contributed by atoms with Gasteiger partial charge in [-0.25, -0.2) is 4.98 Å². The Bertz CT molecular complexity index is 948. The number of aliphatic hydroxyl groups excluding tert-OH is 1. The van der Waals surface area contributed by atoms with E-state index >= 15 is 0 Å². The van der Waals surface area contributed by atoms with Gasteiger partial charge in [0.2, 0.25) is 5.91 Å². The van der Waals surface area contributed by atoms with Crippen LogP contribution in [-0.2, 0) is 17.6 Å². The first-order valence-corrected chi connectivity index (χ1v) is 8.44. The Hall–Kier alpha value is -3.00. The Morgan fingerprint density at radius 1 is 1.31 bits per heavy atom. The van der Waals surface area contributed by atoms with Gasteiger partial charge in [0, 0.05) is 24.6 Å². The zero-order valence-electron chi connectivity index (χ0n) is 14.5. The molecule has 0 bridgehead atoms. The summed E-state index contributed by atoms with van der Waals surface area (Å²) in [7, 11) is 0. The SMILES string of the molecule is Cc1cc(=O)n2[nH]c(CCC(=O)N[C@@H](CO)Cc3ccccc3)nc2n1. The van der Waals surface area contributed by atoms with E-state index in [1.165, 1.54) is 10.6 Å². The molecule has 8 nitrogen and oxygen atoms in total. The van der Waals surface area contributed by atoms with Crippen molar-refractivity contribution in [3.63, 3.8) is 0 Å². The Balaban J connectivity index is 1.58. The third-order valence-electron chi connectivity index (χ3n) is 4.00. The third-order valence-corrected chi connectivity index (χ3v) is 4.00. The van der Waals surface area contributed by atoms with Gasteiger partial charge in [0.05, 0.1) is 12.6 Å². The maximum Gasteiger partial charge on any atom is 0.274 e. The van der Waals surface area contributed by atoms with Gasteiger partial charge in [-0.2, -0.15) is 9.50 Å². The molecule has 0 unspecified atom stereocenters. The van der Waals surface area contributed by atoms with Crippen LogP contribution >= 0.6 is 0 Å². The number of carbonyl (C=O) groups is 1. The molecule has 0 saturated carbocycles. The first-order valence-electron chi connectivity index (χ1n) is 8.44. The number of aryl methyl sites for hydroxylation is 2. The molecule has 1 aromatic carbocycles. The average Bonchev–Trinajstić information content (AvgIpc) is 3.03. The highest BCUT2D eigenvalue weighted by atomic mass is 16.3. The van der Waals surface area contributed by atoms with Crippen molar-refractivity contribution in [2.45, 2.75) is 32.2 Å². The molecule has 0 aliphatic rings. The zero-order valence-corrected chi connectivity index (χ0v) is 14.5. The van der Waals surface area contributed by atoms with Gasteiger partial charge in [-0.15, -0.1) is 0 Å². The van der Waals surface area contributed by atoms with E-state index in [9.17, 15) is 14.7 Å². The Morgan fingerprint density at radius 3 is 2.81 bits per heavy atom. The molecule has 0 radical (unpaired) electrons. The van der Waals surface area contributed by atoms with Crippen LogP contribution in [0.15, 0.2) is 41.2 Å². The van der Waals surface area contributed by atoms with Crippen molar-refractivity contribution in [2.75, 3.05) is 6.61 Å². The lowest BCUT2D eigenvalue weighted by molar-refractivity contribution is -0.122. The Morgan fingerprint density at radius 2 is 2.08 bits per heavy atom. The number of hydrogen-bond acceptors (Lipinski definition) is 5. The summed E-state index contributed by atoms with van der Waals surface area (Å²) in [6.45, 7) is 1.59. The van der Waals surface area contributed by atoms with Gasteiger partial charge in [-0.05, 0) is 18.9 Å². The minimum atomic E-state index is -0.340. The number of rotatable bonds is 7. The van der Waals surface area contributed by atoms with Crippen LogP contribution in [0.5, 0.6) is 0 Å². The molecule has 3 rings (SSSR count). The minimum Gasteiger partial charge on any atom is -0.394 e. The van der Waals surface area contributed by atoms with Gasteiger partial charge >= 0.3 is 0 Å². The molecule has 2 aromatic heterocycles. The Labute approximate surface area is 149 Å². The van der Waals surface area contributed by atoms with Gasteiger partial charge in [0.25, 0.3) is 11.3 Å². The summed E-state index contributed by atoms with van der Waals surface area (Å²) < 4.78 is 1.26. The monoisotopic (exact) mass is 355 g/mol. The quantitative estimate of drug-likeness (QED) is 0.567. The number of benzene rings is 1. The van der Waals surface area contributed by atoms with Crippen molar-refractivity contribution in [1.82, 2.24) is 24.9 Å². The number of nitrogens with one attached hydrogen (secondary N) is 2. The molecule has 0 aliphatic carbocycles. The number of H-pyrrole nitrogens is 1. The van der Waals surface area contributed by atoms with Crippen molar-refractivity contribution in [1.29, 1.82) is 0 Å². The number of fused-ring (bicyclic) bond motifs is 1. The smallest absolute Gasteiger partial charge is 0.274 e. The van der Waals surface area contributed by atoms with E-state index in [0.717, 1.165) is 5.56 Å². The maximum absolute atomic E-state index is 12.2. The molecular weight excluding hydrogens is 334 g/mol. The molecule has 0 spiro atoms. The van der Waals surface area contributed by atoms with Crippen LogP contribution < -0.4 is 10.9 Å². The van der Waals surface area contributed by atoms with Crippen molar-refractivity contribution in [2.24, 2.45) is 0 Å². The minimum absolute atomic E-state index is 0.135. The predicted octanol–water partition coefficient (Wildman–Crippen LogP) is 0.378. The number of amides is 1. The molecule has 26 heavy (non-hydrogen) atoms. The van der Waals surface area contributed by atoms with Crippen molar-refractivity contribution < 1.29 is 9.90 Å². The summed E-state index contributed by atoms with van der Waals surface area (Å²) in [5.74, 6) is 0.624. The summed E-state index contributed by atoms with van der Waals surface area (Å²) in [6, 6.07) is 10.7. The first-order chi connectivity index (χ1) is 12.5. The van der Waals surface area contributed by atoms with E-state index in [0.29, 0.717) is 30.1 Å². The van der Waals surface area contributed by atoms with Gasteiger partial charge < -0.3 is 10.4 Å². The van der Waals surface area contributed by atoms with E-state index < -0.39 is 0 Å². The number of aromatic nitrogens is 4. The molecule has 1 amide bonds. The second kappa shape index (κ2) is 7.92. The molecule has 0 fully saturated rings. The highest BCUT2D eigenvalue weighted by Crippen LogP contribution is 2.04. The second-order valence-corrected chi connectivity index (χ2v) is 6.18. The van der Waals surface area contributed by atoms with Gasteiger partial charge in [-0.3, -0.25) is 14.7 Å². The first kappa shape index (κ1) is 17.8. The number of nitrogens with zero attached hydrogens (tertiary/aromatic N) is 3. The number of hydrogen-bond donors (Lipinski definition) is 3. The van der Waals surface area contributed by atoms with Crippen LogP contribution in [0, 0.1) is 6.92 Å². The molecule has 136 valence electrons. The van der Waals surface area contributed by atoms with Gasteiger partial charge in [0.1, 0.15) is 5.82 Å². The van der Waals surface area contributed by atoms with Crippen LogP contribution in [0.3, 0.4) is 0 Å². The molecule has 2 heterocycles. The maximum atomic E-state index is 12.2. The third kappa shape index (κ3) is 4.34.